The van der Waals surface area contributed by atoms with E-state index in [4.69, 9.17) is 28.6 Å². The van der Waals surface area contributed by atoms with E-state index in [0.29, 0.717) is 5.88 Å². The van der Waals surface area contributed by atoms with Crippen LogP contribution in [0.1, 0.15) is 63.9 Å². The van der Waals surface area contributed by atoms with Gasteiger partial charge in [0.25, 0.3) is 0 Å². The van der Waals surface area contributed by atoms with Crippen molar-refractivity contribution in [2.75, 3.05) is 23.9 Å². The predicted molar refractivity (Wildman–Crippen MR) is 107 cm³/mol. The van der Waals surface area contributed by atoms with E-state index >= 15 is 0 Å². The van der Waals surface area contributed by atoms with Gasteiger partial charge in [-0.2, -0.15) is 0 Å². The van der Waals surface area contributed by atoms with Gasteiger partial charge >= 0.3 is 0 Å². The quantitative estimate of drug-likeness (QED) is 0.411. The van der Waals surface area contributed by atoms with Gasteiger partial charge in [0.05, 0.1) is 0 Å². The van der Waals surface area contributed by atoms with Crippen molar-refractivity contribution in [2.45, 2.75) is 58.3 Å². The first-order valence-corrected chi connectivity index (χ1v) is 10.2. The fraction of sp³-hybridized carbons (Fsp3) is 0.650. The maximum Gasteiger partial charge on any atom is 0.0446 e. The van der Waals surface area contributed by atoms with Crippen LogP contribution >= 0.6 is 23.2 Å². The average molecular weight is 369 g/mol. The second kappa shape index (κ2) is 9.68. The third-order valence-corrected chi connectivity index (χ3v) is 5.68. The summed E-state index contributed by atoms with van der Waals surface area (Å²) in [7, 11) is 0. The molecule has 0 amide bonds. The summed E-state index contributed by atoms with van der Waals surface area (Å²) >= 11 is 12.4. The lowest BCUT2D eigenvalue weighted by Crippen LogP contribution is -2.32. The normalized spacial score (nSPS) is 17.1. The van der Waals surface area contributed by atoms with E-state index in [1.165, 1.54) is 18.5 Å². The molecule has 0 saturated carbocycles. The first-order valence-electron chi connectivity index (χ1n) is 9.24. The highest BCUT2D eigenvalue weighted by Crippen LogP contribution is 2.34. The molecule has 134 valence electrons. The zero-order chi connectivity index (χ0) is 17.5. The van der Waals surface area contributed by atoms with Crippen LogP contribution < -0.4 is 4.90 Å². The Balaban J connectivity index is 2.25. The lowest BCUT2D eigenvalue weighted by Gasteiger charge is -2.33. The van der Waals surface area contributed by atoms with Crippen LogP contribution in [0.2, 0.25) is 5.02 Å². The summed E-state index contributed by atoms with van der Waals surface area (Å²) in [5, 5.41) is 9.27. The van der Waals surface area contributed by atoms with E-state index in [1.54, 1.807) is 0 Å². The first-order chi connectivity index (χ1) is 11.6. The van der Waals surface area contributed by atoms with Gasteiger partial charge in [-0.25, -0.2) is 0 Å². The van der Waals surface area contributed by atoms with Crippen LogP contribution in [0.5, 0.6) is 0 Å². The molecule has 0 aromatic heterocycles. The van der Waals surface area contributed by atoms with E-state index in [2.05, 4.69) is 30.9 Å². The zero-order valence-corrected chi connectivity index (χ0v) is 16.5. The second-order valence-electron chi connectivity index (χ2n) is 7.03. The second-order valence-corrected chi connectivity index (χ2v) is 7.82. The molecule has 1 aliphatic rings. The van der Waals surface area contributed by atoms with Crippen molar-refractivity contribution >= 4 is 34.6 Å². The molecule has 1 heterocycles. The maximum atomic E-state index is 8.48. The number of halogens is 2. The Bertz CT molecular complexity index is 536. The molecular weight excluding hydrogens is 339 g/mol. The summed E-state index contributed by atoms with van der Waals surface area (Å²) in [6, 6.07) is 6.36. The predicted octanol–water partition coefficient (Wildman–Crippen LogP) is 6.50. The van der Waals surface area contributed by atoms with E-state index in [0.717, 1.165) is 61.0 Å². The minimum absolute atomic E-state index is 0.0971. The smallest absolute Gasteiger partial charge is 0.0446 e. The molecular formula is C20H30Cl2N2. The van der Waals surface area contributed by atoms with Gasteiger partial charge in [-0.05, 0) is 61.8 Å². The summed E-state index contributed by atoms with van der Waals surface area (Å²) in [6.07, 6.45) is 6.15. The molecule has 1 unspecified atom stereocenters. The van der Waals surface area contributed by atoms with Crippen LogP contribution in [-0.4, -0.2) is 24.7 Å². The van der Waals surface area contributed by atoms with Crippen LogP contribution in [0.25, 0.3) is 0 Å². The molecule has 0 radical (unpaired) electrons. The molecule has 1 aliphatic heterocycles. The highest BCUT2D eigenvalue weighted by molar-refractivity contribution is 6.31. The molecule has 1 aromatic rings. The molecule has 1 N–H and O–H groups in total. The molecule has 0 bridgehead atoms. The molecule has 0 aliphatic carbocycles. The molecule has 1 saturated heterocycles. The first kappa shape index (κ1) is 19.6. The number of anilines is 1. The lowest BCUT2D eigenvalue weighted by molar-refractivity contribution is 0.438. The van der Waals surface area contributed by atoms with Gasteiger partial charge in [-0.1, -0.05) is 31.9 Å². The number of hydrogen-bond acceptors (Lipinski definition) is 2. The van der Waals surface area contributed by atoms with Crippen molar-refractivity contribution in [2.24, 2.45) is 5.92 Å². The van der Waals surface area contributed by atoms with Crippen LogP contribution in [0, 0.1) is 11.3 Å². The summed E-state index contributed by atoms with van der Waals surface area (Å²) in [5.41, 5.74) is 3.15. The SMILES string of the molecule is CCCC(=N)C(CCCCl)c1cc(N2CCC(C)CC2)ccc1Cl. The molecule has 0 spiro atoms. The topological polar surface area (TPSA) is 27.1 Å². The van der Waals surface area contributed by atoms with Crippen molar-refractivity contribution in [3.63, 3.8) is 0 Å². The summed E-state index contributed by atoms with van der Waals surface area (Å²) in [4.78, 5) is 2.46. The average Bonchev–Trinajstić information content (AvgIpc) is 2.58. The van der Waals surface area contributed by atoms with Crippen molar-refractivity contribution in [3.8, 4) is 0 Å². The molecule has 4 heteroatoms. The summed E-state index contributed by atoms with van der Waals surface area (Å²) in [5.74, 6) is 1.55. The molecule has 24 heavy (non-hydrogen) atoms. The van der Waals surface area contributed by atoms with E-state index in [1.807, 2.05) is 6.07 Å². The van der Waals surface area contributed by atoms with Gasteiger partial charge in [0, 0.05) is 41.3 Å². The Hall–Kier alpha value is -0.730. The Morgan fingerprint density at radius 3 is 2.67 bits per heavy atom. The van der Waals surface area contributed by atoms with E-state index in [-0.39, 0.29) is 5.92 Å². The standard InChI is InChI=1S/C20H30Cl2N2/c1-3-5-20(23)17(6-4-11-21)18-14-16(7-8-19(18)22)24-12-9-15(2)10-13-24/h7-8,14-15,17,23H,3-6,9-13H2,1-2H3. The maximum absolute atomic E-state index is 8.48. The largest absolute Gasteiger partial charge is 0.372 e. The number of nitrogens with one attached hydrogen (secondary N) is 1. The number of alkyl halides is 1. The lowest BCUT2D eigenvalue weighted by atomic mass is 9.87. The van der Waals surface area contributed by atoms with Gasteiger partial charge in [0.1, 0.15) is 0 Å². The Morgan fingerprint density at radius 2 is 2.04 bits per heavy atom. The zero-order valence-electron chi connectivity index (χ0n) is 15.0. The van der Waals surface area contributed by atoms with Crippen molar-refractivity contribution in [1.82, 2.24) is 0 Å². The van der Waals surface area contributed by atoms with Gasteiger partial charge in [-0.15, -0.1) is 11.6 Å². The molecule has 1 atom stereocenters. The summed E-state index contributed by atoms with van der Waals surface area (Å²) < 4.78 is 0. The minimum atomic E-state index is 0.0971. The van der Waals surface area contributed by atoms with Gasteiger partial charge in [-0.3, -0.25) is 0 Å². The Morgan fingerprint density at radius 1 is 1.33 bits per heavy atom. The van der Waals surface area contributed by atoms with Crippen molar-refractivity contribution in [1.29, 1.82) is 5.41 Å². The van der Waals surface area contributed by atoms with Gasteiger partial charge in [0.2, 0.25) is 0 Å². The third kappa shape index (κ3) is 5.13. The number of nitrogens with zero attached hydrogens (tertiary/aromatic N) is 1. The third-order valence-electron chi connectivity index (χ3n) is 5.07. The number of benzene rings is 1. The molecule has 1 fully saturated rings. The molecule has 2 rings (SSSR count). The Labute approximate surface area is 157 Å². The van der Waals surface area contributed by atoms with Gasteiger partial charge < -0.3 is 10.3 Å². The monoisotopic (exact) mass is 368 g/mol. The molecule has 2 nitrogen and oxygen atoms in total. The highest BCUT2D eigenvalue weighted by atomic mass is 35.5. The number of rotatable bonds is 8. The van der Waals surface area contributed by atoms with E-state index < -0.39 is 0 Å². The fourth-order valence-corrected chi connectivity index (χ4v) is 3.91. The van der Waals surface area contributed by atoms with Crippen LogP contribution in [0.3, 0.4) is 0 Å². The fourth-order valence-electron chi connectivity index (χ4n) is 3.50. The number of piperidine rings is 1. The van der Waals surface area contributed by atoms with Crippen LogP contribution in [0.15, 0.2) is 18.2 Å². The van der Waals surface area contributed by atoms with E-state index in [9.17, 15) is 0 Å². The van der Waals surface area contributed by atoms with Crippen LogP contribution in [0.4, 0.5) is 5.69 Å². The summed E-state index contributed by atoms with van der Waals surface area (Å²) in [6.45, 7) is 6.68. The minimum Gasteiger partial charge on any atom is -0.372 e. The van der Waals surface area contributed by atoms with Gasteiger partial charge in [0.15, 0.2) is 0 Å². The highest BCUT2D eigenvalue weighted by Gasteiger charge is 2.22. The van der Waals surface area contributed by atoms with Crippen molar-refractivity contribution in [3.05, 3.63) is 28.8 Å². The Kier molecular flexibility index (Phi) is 7.90. The van der Waals surface area contributed by atoms with Crippen molar-refractivity contribution < 1.29 is 0 Å². The molecule has 1 aromatic carbocycles. The number of hydrogen-bond donors (Lipinski definition) is 1. The van der Waals surface area contributed by atoms with Crippen LogP contribution in [-0.2, 0) is 0 Å².